The predicted octanol–water partition coefficient (Wildman–Crippen LogP) is 4.90. The molecule has 0 bridgehead atoms. The minimum atomic E-state index is -1.03. The molecule has 0 aromatic heterocycles. The summed E-state index contributed by atoms with van der Waals surface area (Å²) in [6.45, 7) is 0. The van der Waals surface area contributed by atoms with E-state index in [0.29, 0.717) is 5.75 Å². The second-order valence-electron chi connectivity index (χ2n) is 4.41. The molecule has 0 radical (unpaired) electrons. The highest BCUT2D eigenvalue weighted by molar-refractivity contribution is 8.77. The summed E-state index contributed by atoms with van der Waals surface area (Å²) in [5.74, 6) is 2.23. The van der Waals surface area contributed by atoms with E-state index in [1.807, 2.05) is 53.9 Å². The molecule has 0 saturated heterocycles. The highest BCUT2D eigenvalue weighted by atomic mass is 33.1. The van der Waals surface area contributed by atoms with Crippen LogP contribution in [0.15, 0.2) is 71.0 Å². The van der Waals surface area contributed by atoms with Crippen LogP contribution in [0.4, 0.5) is 0 Å². The highest BCUT2D eigenvalue weighted by Crippen LogP contribution is 2.27. The molecule has 0 N–H and O–H groups in total. The van der Waals surface area contributed by atoms with Gasteiger partial charge in [-0.1, -0.05) is 58.0 Å². The van der Waals surface area contributed by atoms with Crippen LogP contribution in [-0.2, 0) is 16.9 Å². The molecule has 0 heterocycles. The van der Waals surface area contributed by atoms with E-state index in [1.54, 1.807) is 28.7 Å². The lowest BCUT2D eigenvalue weighted by molar-refractivity contribution is 0.413. The van der Waals surface area contributed by atoms with E-state index in [-0.39, 0.29) is 0 Å². The molecule has 0 aliphatic carbocycles. The molecule has 2 rings (SSSR count). The summed E-state index contributed by atoms with van der Waals surface area (Å²) in [5.41, 5.74) is 1.31. The topological polar surface area (TPSA) is 32.3 Å². The monoisotopic (exact) mass is 350 g/mol. The first-order valence-electron chi connectivity index (χ1n) is 6.79. The predicted molar refractivity (Wildman–Crippen MR) is 98.7 cm³/mol. The van der Waals surface area contributed by atoms with E-state index in [0.717, 1.165) is 16.4 Å². The summed E-state index contributed by atoms with van der Waals surface area (Å²) in [6.07, 6.45) is 1.96. The molecule has 0 aliphatic heterocycles. The number of rotatable bonds is 8. The zero-order valence-electron chi connectivity index (χ0n) is 12.3. The van der Waals surface area contributed by atoms with Gasteiger partial charge in [-0.05, 0) is 40.4 Å². The lowest BCUT2D eigenvalue weighted by atomic mass is 10.2. The van der Waals surface area contributed by atoms with E-state index in [9.17, 15) is 4.55 Å². The Balaban J connectivity index is 1.70. The quantitative estimate of drug-likeness (QED) is 0.385. The molecular formula is C17H18O2S3. The molecule has 1 atom stereocenters. The molecule has 22 heavy (non-hydrogen) atoms. The van der Waals surface area contributed by atoms with Crippen molar-refractivity contribution >= 4 is 32.8 Å². The maximum Gasteiger partial charge on any atom is 0.156 e. The van der Waals surface area contributed by atoms with Gasteiger partial charge in [0.25, 0.3) is 0 Å². The molecule has 1 unspecified atom stereocenters. The highest BCUT2D eigenvalue weighted by Gasteiger charge is 2.09. The summed E-state index contributed by atoms with van der Waals surface area (Å²) < 4.78 is 17.3. The number of benzene rings is 2. The number of hydrogen-bond donors (Lipinski definition) is 0. The van der Waals surface area contributed by atoms with Crippen molar-refractivity contribution in [3.8, 4) is 5.75 Å². The van der Waals surface area contributed by atoms with Gasteiger partial charge in [-0.25, -0.2) is 0 Å². The van der Waals surface area contributed by atoms with Crippen molar-refractivity contribution in [3.05, 3.63) is 71.6 Å². The summed E-state index contributed by atoms with van der Waals surface area (Å²) in [4.78, 5) is 0.797. The third-order valence-electron chi connectivity index (χ3n) is 2.84. The van der Waals surface area contributed by atoms with Gasteiger partial charge in [0, 0.05) is 11.8 Å². The number of methoxy groups -OCH3 is 1. The Bertz CT molecular complexity index is 587. The standard InChI is InChI=1S/C17H18O2S3/c1-19-16-9-5-10-17(13-16)22(18)12-6-11-20-21-14-15-7-3-2-4-8-15/h2-11,13H,12,14H2,1H3. The van der Waals surface area contributed by atoms with E-state index in [2.05, 4.69) is 12.1 Å². The van der Waals surface area contributed by atoms with E-state index < -0.39 is 11.2 Å². The van der Waals surface area contributed by atoms with Crippen molar-refractivity contribution in [1.29, 1.82) is 0 Å². The first-order valence-corrected chi connectivity index (χ1v) is 10.5. The molecule has 0 aliphatic rings. The van der Waals surface area contributed by atoms with Crippen molar-refractivity contribution < 1.29 is 9.29 Å². The third-order valence-corrected chi connectivity index (χ3v) is 6.10. The molecule has 116 valence electrons. The van der Waals surface area contributed by atoms with Crippen LogP contribution in [0.5, 0.6) is 5.75 Å². The first kappa shape index (κ1) is 17.3. The fourth-order valence-corrected chi connectivity index (χ4v) is 4.52. The van der Waals surface area contributed by atoms with Crippen LogP contribution in [0.3, 0.4) is 0 Å². The average molecular weight is 351 g/mol. The van der Waals surface area contributed by atoms with E-state index in [1.165, 1.54) is 5.56 Å². The lowest BCUT2D eigenvalue weighted by Gasteiger charge is -2.09. The molecule has 0 spiro atoms. The molecule has 2 nitrogen and oxygen atoms in total. The molecule has 0 fully saturated rings. The lowest BCUT2D eigenvalue weighted by Crippen LogP contribution is -2.04. The smallest absolute Gasteiger partial charge is 0.156 e. The van der Waals surface area contributed by atoms with Crippen LogP contribution in [0.2, 0.25) is 0 Å². The SMILES string of the molecule is COc1cccc([S+]([O-])CC=CSSCc2ccccc2)c1. The molecular weight excluding hydrogens is 332 g/mol. The van der Waals surface area contributed by atoms with Crippen LogP contribution in [0.1, 0.15) is 5.56 Å². The molecule has 2 aromatic carbocycles. The largest absolute Gasteiger partial charge is 0.611 e. The zero-order chi connectivity index (χ0) is 15.6. The van der Waals surface area contributed by atoms with Gasteiger partial charge in [-0.2, -0.15) is 0 Å². The van der Waals surface area contributed by atoms with Gasteiger partial charge in [0.05, 0.1) is 7.11 Å². The summed E-state index contributed by atoms with van der Waals surface area (Å²) in [6, 6.07) is 17.8. The number of hydrogen-bond acceptors (Lipinski definition) is 4. The Morgan fingerprint density at radius 1 is 1.14 bits per heavy atom. The Labute approximate surface area is 142 Å². The van der Waals surface area contributed by atoms with E-state index >= 15 is 0 Å². The summed E-state index contributed by atoms with van der Waals surface area (Å²) in [7, 11) is 5.05. The van der Waals surface area contributed by atoms with Crippen molar-refractivity contribution in [2.45, 2.75) is 10.6 Å². The minimum absolute atomic E-state index is 0.520. The van der Waals surface area contributed by atoms with Crippen LogP contribution < -0.4 is 4.74 Å². The van der Waals surface area contributed by atoms with Gasteiger partial charge < -0.3 is 9.29 Å². The van der Waals surface area contributed by atoms with Gasteiger partial charge in [0.2, 0.25) is 0 Å². The normalized spacial score (nSPS) is 12.5. The molecule has 0 saturated carbocycles. The average Bonchev–Trinajstić information content (AvgIpc) is 2.58. The van der Waals surface area contributed by atoms with Crippen LogP contribution >= 0.6 is 21.6 Å². The minimum Gasteiger partial charge on any atom is -0.611 e. The van der Waals surface area contributed by atoms with Crippen molar-refractivity contribution in [3.63, 3.8) is 0 Å². The fourth-order valence-electron chi connectivity index (χ4n) is 1.72. The van der Waals surface area contributed by atoms with Crippen molar-refractivity contribution in [2.24, 2.45) is 0 Å². The van der Waals surface area contributed by atoms with Crippen molar-refractivity contribution in [1.82, 2.24) is 0 Å². The van der Waals surface area contributed by atoms with E-state index in [4.69, 9.17) is 4.74 Å². The van der Waals surface area contributed by atoms with Gasteiger partial charge in [0.15, 0.2) is 4.90 Å². The third kappa shape index (κ3) is 6.01. The molecule has 0 amide bonds. The zero-order valence-corrected chi connectivity index (χ0v) is 14.8. The van der Waals surface area contributed by atoms with Crippen LogP contribution in [0, 0.1) is 0 Å². The number of ether oxygens (including phenoxy) is 1. The second-order valence-corrected chi connectivity index (χ2v) is 8.18. The van der Waals surface area contributed by atoms with Crippen molar-refractivity contribution in [2.75, 3.05) is 12.9 Å². The molecule has 5 heteroatoms. The Kier molecular flexibility index (Phi) is 7.80. The Hall–Kier alpha value is -1.01. The van der Waals surface area contributed by atoms with Gasteiger partial charge in [-0.3, -0.25) is 0 Å². The fraction of sp³-hybridized carbons (Fsp3) is 0.176. The summed E-state index contributed by atoms with van der Waals surface area (Å²) >= 11 is -1.03. The van der Waals surface area contributed by atoms with Gasteiger partial charge in [-0.15, -0.1) is 0 Å². The first-order chi connectivity index (χ1) is 10.8. The maximum absolute atomic E-state index is 12.2. The second kappa shape index (κ2) is 9.90. The maximum atomic E-state index is 12.2. The summed E-state index contributed by atoms with van der Waals surface area (Å²) in [5, 5.41) is 2.01. The molecule has 2 aromatic rings. The van der Waals surface area contributed by atoms with Gasteiger partial charge in [0.1, 0.15) is 11.5 Å². The van der Waals surface area contributed by atoms with Gasteiger partial charge >= 0.3 is 0 Å². The van der Waals surface area contributed by atoms with Crippen LogP contribution in [-0.4, -0.2) is 17.4 Å². The Morgan fingerprint density at radius 3 is 2.73 bits per heavy atom. The Morgan fingerprint density at radius 2 is 1.95 bits per heavy atom. The van der Waals surface area contributed by atoms with Crippen LogP contribution in [0.25, 0.3) is 0 Å².